The van der Waals surface area contributed by atoms with E-state index in [-0.39, 0.29) is 28.7 Å². The van der Waals surface area contributed by atoms with E-state index in [0.717, 1.165) is 0 Å². The standard InChI is InChI=1S/C18H21ClN6O4S/c19-13-2-3-15-16(10-13)30(28,29)25(18(27)22-15)12-14(26)11-23-6-8-24(9-7-23)17-20-4-1-5-21-17/h1-5,10,14,26H,6-9,11-12H2,(H,22,27). The topological polar surface area (TPSA) is 119 Å². The second-order valence-corrected chi connectivity index (χ2v) is 9.36. The number of benzene rings is 1. The number of nitrogens with one attached hydrogen (secondary N) is 1. The average molecular weight is 453 g/mol. The molecule has 4 rings (SSSR count). The number of fused-ring (bicyclic) bond motifs is 1. The zero-order valence-electron chi connectivity index (χ0n) is 16.0. The highest BCUT2D eigenvalue weighted by molar-refractivity contribution is 7.90. The summed E-state index contributed by atoms with van der Waals surface area (Å²) in [5.41, 5.74) is 0.175. The van der Waals surface area contributed by atoms with Crippen LogP contribution in [0, 0.1) is 0 Å². The molecular formula is C18H21ClN6O4S. The van der Waals surface area contributed by atoms with Gasteiger partial charge in [-0.1, -0.05) is 11.6 Å². The molecule has 3 heterocycles. The number of hydrogen-bond acceptors (Lipinski definition) is 8. The van der Waals surface area contributed by atoms with Gasteiger partial charge >= 0.3 is 6.03 Å². The van der Waals surface area contributed by atoms with Crippen molar-refractivity contribution in [3.63, 3.8) is 0 Å². The van der Waals surface area contributed by atoms with Gasteiger partial charge < -0.3 is 15.3 Å². The number of rotatable bonds is 5. The van der Waals surface area contributed by atoms with E-state index in [1.165, 1.54) is 18.2 Å². The van der Waals surface area contributed by atoms with Gasteiger partial charge in [0.25, 0.3) is 10.0 Å². The summed E-state index contributed by atoms with van der Waals surface area (Å²) >= 11 is 5.91. The van der Waals surface area contributed by atoms with Crippen LogP contribution >= 0.6 is 11.6 Å². The van der Waals surface area contributed by atoms with E-state index in [4.69, 9.17) is 11.6 Å². The zero-order chi connectivity index (χ0) is 21.3. The van der Waals surface area contributed by atoms with E-state index >= 15 is 0 Å². The Bertz CT molecular complexity index is 1030. The number of aliphatic hydroxyl groups excluding tert-OH is 1. The van der Waals surface area contributed by atoms with Gasteiger partial charge in [-0.05, 0) is 24.3 Å². The predicted molar refractivity (Wildman–Crippen MR) is 111 cm³/mol. The number of piperazine rings is 1. The molecule has 1 aromatic heterocycles. The molecule has 0 spiro atoms. The first-order valence-electron chi connectivity index (χ1n) is 9.40. The van der Waals surface area contributed by atoms with E-state index in [9.17, 15) is 18.3 Å². The van der Waals surface area contributed by atoms with Crippen LogP contribution in [0.15, 0.2) is 41.6 Å². The molecule has 160 valence electrons. The summed E-state index contributed by atoms with van der Waals surface area (Å²) in [4.78, 5) is 24.8. The maximum Gasteiger partial charge on any atom is 0.335 e. The molecule has 2 aliphatic rings. The van der Waals surface area contributed by atoms with Gasteiger partial charge in [-0.25, -0.2) is 27.5 Å². The number of aromatic nitrogens is 2. The highest BCUT2D eigenvalue weighted by Crippen LogP contribution is 2.32. The number of hydrogen-bond donors (Lipinski definition) is 2. The number of nitrogens with zero attached hydrogens (tertiary/aromatic N) is 5. The molecule has 0 aliphatic carbocycles. The quantitative estimate of drug-likeness (QED) is 0.685. The van der Waals surface area contributed by atoms with E-state index in [1.807, 2.05) is 9.80 Å². The molecule has 1 aromatic carbocycles. The Hall–Kier alpha value is -2.47. The lowest BCUT2D eigenvalue weighted by Crippen LogP contribution is -2.52. The third kappa shape index (κ3) is 4.19. The van der Waals surface area contributed by atoms with Crippen LogP contribution in [0.1, 0.15) is 0 Å². The SMILES string of the molecule is O=C1Nc2ccc(Cl)cc2S(=O)(=O)N1CC(O)CN1CCN(c2ncccn2)CC1. The number of anilines is 2. The van der Waals surface area contributed by atoms with Gasteiger partial charge in [0.1, 0.15) is 4.90 Å². The van der Waals surface area contributed by atoms with E-state index in [0.29, 0.717) is 36.4 Å². The zero-order valence-corrected chi connectivity index (χ0v) is 17.6. The molecule has 1 saturated heterocycles. The number of halogens is 1. The lowest BCUT2D eigenvalue weighted by Gasteiger charge is -2.36. The lowest BCUT2D eigenvalue weighted by atomic mass is 10.2. The second kappa shape index (κ2) is 8.34. The molecule has 0 radical (unpaired) electrons. The average Bonchev–Trinajstić information content (AvgIpc) is 2.73. The molecule has 10 nitrogen and oxygen atoms in total. The van der Waals surface area contributed by atoms with Crippen molar-refractivity contribution in [2.45, 2.75) is 11.0 Å². The van der Waals surface area contributed by atoms with Crippen molar-refractivity contribution in [3.05, 3.63) is 41.7 Å². The van der Waals surface area contributed by atoms with Gasteiger partial charge in [0.2, 0.25) is 5.95 Å². The molecule has 1 fully saturated rings. The maximum absolute atomic E-state index is 12.9. The fraction of sp³-hybridized carbons (Fsp3) is 0.389. The van der Waals surface area contributed by atoms with E-state index < -0.39 is 22.2 Å². The third-order valence-electron chi connectivity index (χ3n) is 5.03. The van der Waals surface area contributed by atoms with Crippen molar-refractivity contribution in [2.24, 2.45) is 0 Å². The fourth-order valence-corrected chi connectivity index (χ4v) is 5.31. The summed E-state index contributed by atoms with van der Waals surface area (Å²) in [5.74, 6) is 0.658. The van der Waals surface area contributed by atoms with Crippen molar-refractivity contribution >= 4 is 39.3 Å². The van der Waals surface area contributed by atoms with Crippen LogP contribution in [-0.4, -0.2) is 84.1 Å². The molecule has 0 bridgehead atoms. The fourth-order valence-electron chi connectivity index (χ4n) is 3.53. The first kappa shape index (κ1) is 20.8. The molecule has 12 heteroatoms. The number of carbonyl (C=O) groups is 1. The van der Waals surface area contributed by atoms with Crippen molar-refractivity contribution < 1.29 is 18.3 Å². The van der Waals surface area contributed by atoms with Crippen LogP contribution in [0.5, 0.6) is 0 Å². The molecule has 0 saturated carbocycles. The van der Waals surface area contributed by atoms with Crippen LogP contribution in [0.3, 0.4) is 0 Å². The van der Waals surface area contributed by atoms with Crippen molar-refractivity contribution in [2.75, 3.05) is 49.5 Å². The first-order chi connectivity index (χ1) is 14.3. The predicted octanol–water partition coefficient (Wildman–Crippen LogP) is 0.849. The molecule has 1 atom stereocenters. The van der Waals surface area contributed by atoms with Crippen LogP contribution in [0.4, 0.5) is 16.4 Å². The summed E-state index contributed by atoms with van der Waals surface area (Å²) in [7, 11) is -4.10. The summed E-state index contributed by atoms with van der Waals surface area (Å²) in [5, 5.41) is 13.3. The molecule has 2 aliphatic heterocycles. The van der Waals surface area contributed by atoms with E-state index in [2.05, 4.69) is 15.3 Å². The summed E-state index contributed by atoms with van der Waals surface area (Å²) < 4.78 is 26.4. The molecular weight excluding hydrogens is 432 g/mol. The number of sulfonamides is 1. The summed E-state index contributed by atoms with van der Waals surface area (Å²) in [6.45, 7) is 2.59. The van der Waals surface area contributed by atoms with Gasteiger partial charge in [0, 0.05) is 50.1 Å². The van der Waals surface area contributed by atoms with Gasteiger partial charge in [0.05, 0.1) is 18.3 Å². The van der Waals surface area contributed by atoms with Gasteiger partial charge in [0.15, 0.2) is 0 Å². The van der Waals surface area contributed by atoms with Gasteiger partial charge in [-0.15, -0.1) is 0 Å². The van der Waals surface area contributed by atoms with Crippen molar-refractivity contribution in [3.8, 4) is 0 Å². The van der Waals surface area contributed by atoms with Crippen LogP contribution in [-0.2, 0) is 10.0 Å². The Kier molecular flexibility index (Phi) is 5.78. The number of carbonyl (C=O) groups excluding carboxylic acids is 1. The largest absolute Gasteiger partial charge is 0.390 e. The smallest absolute Gasteiger partial charge is 0.335 e. The highest BCUT2D eigenvalue weighted by Gasteiger charge is 2.38. The van der Waals surface area contributed by atoms with Crippen LogP contribution in [0.2, 0.25) is 5.02 Å². The number of aliphatic hydroxyl groups is 1. The molecule has 2 aromatic rings. The minimum Gasteiger partial charge on any atom is -0.390 e. The number of amides is 2. The Morgan fingerprint density at radius 3 is 2.53 bits per heavy atom. The summed E-state index contributed by atoms with van der Waals surface area (Å²) in [6, 6.07) is 5.19. The number of urea groups is 1. The normalized spacial score (nSPS) is 19.9. The minimum atomic E-state index is -4.10. The minimum absolute atomic E-state index is 0.0849. The van der Waals surface area contributed by atoms with Crippen LogP contribution < -0.4 is 10.2 Å². The number of β-amino-alcohol motifs (C(OH)–C–C–N with tert-alkyl or cyclic N) is 1. The van der Waals surface area contributed by atoms with E-state index in [1.54, 1.807) is 18.5 Å². The third-order valence-corrected chi connectivity index (χ3v) is 7.06. The maximum atomic E-state index is 12.9. The van der Waals surface area contributed by atoms with Gasteiger partial charge in [-0.3, -0.25) is 4.90 Å². The Morgan fingerprint density at radius 1 is 1.13 bits per heavy atom. The molecule has 2 N–H and O–H groups in total. The molecule has 30 heavy (non-hydrogen) atoms. The van der Waals surface area contributed by atoms with Crippen molar-refractivity contribution in [1.29, 1.82) is 0 Å². The molecule has 1 unspecified atom stereocenters. The summed E-state index contributed by atoms with van der Waals surface area (Å²) in [6.07, 6.45) is 2.34. The van der Waals surface area contributed by atoms with Crippen molar-refractivity contribution in [1.82, 2.24) is 19.2 Å². The second-order valence-electron chi connectivity index (χ2n) is 7.10. The Labute approximate surface area is 179 Å². The van der Waals surface area contributed by atoms with Gasteiger partial charge in [-0.2, -0.15) is 0 Å². The Balaban J connectivity index is 1.37. The lowest BCUT2D eigenvalue weighted by molar-refractivity contribution is 0.0963. The monoisotopic (exact) mass is 452 g/mol. The molecule has 2 amide bonds. The first-order valence-corrected chi connectivity index (χ1v) is 11.2. The highest BCUT2D eigenvalue weighted by atomic mass is 35.5. The Morgan fingerprint density at radius 2 is 1.83 bits per heavy atom. The van der Waals surface area contributed by atoms with Crippen LogP contribution in [0.25, 0.3) is 0 Å².